The molecule has 0 saturated carbocycles. The smallest absolute Gasteiger partial charge is 0.255 e. The topological polar surface area (TPSA) is 161 Å². The summed E-state index contributed by atoms with van der Waals surface area (Å²) in [5, 5.41) is 27.8. The van der Waals surface area contributed by atoms with Gasteiger partial charge in [-0.25, -0.2) is 0 Å². The van der Waals surface area contributed by atoms with Gasteiger partial charge < -0.3 is 25.8 Å². The summed E-state index contributed by atoms with van der Waals surface area (Å²) in [4.78, 5) is 47.4. The second-order valence-corrected chi connectivity index (χ2v) is 16.5. The summed E-state index contributed by atoms with van der Waals surface area (Å²) >= 11 is 7.79. The van der Waals surface area contributed by atoms with E-state index < -0.39 is 11.9 Å². The molecule has 4 aliphatic heterocycles. The van der Waals surface area contributed by atoms with E-state index in [4.69, 9.17) is 22.0 Å². The quantitative estimate of drug-likeness (QED) is 0.0665. The van der Waals surface area contributed by atoms with Gasteiger partial charge in [0.25, 0.3) is 5.91 Å². The molecule has 4 aromatic rings. The molecule has 0 aliphatic carbocycles. The number of hydrogen-bond donors (Lipinski definition) is 4. The Morgan fingerprint density at radius 2 is 1.88 bits per heavy atom. The van der Waals surface area contributed by atoms with E-state index in [1.54, 1.807) is 16.2 Å². The second kappa shape index (κ2) is 17.1. The Morgan fingerprint density at radius 1 is 1.07 bits per heavy atom. The molecule has 0 bridgehead atoms. The molecular formula is C43H45ClN10O3S. The van der Waals surface area contributed by atoms with E-state index in [2.05, 4.69) is 54.4 Å². The second-order valence-electron chi connectivity index (χ2n) is 15.1. The minimum atomic E-state index is -0.620. The number of aryl methyl sites for hydroxylation is 1. The molecule has 2 aromatic carbocycles. The van der Waals surface area contributed by atoms with Crippen LogP contribution in [0.4, 0.5) is 5.69 Å². The van der Waals surface area contributed by atoms with E-state index in [-0.39, 0.29) is 18.2 Å². The van der Waals surface area contributed by atoms with Gasteiger partial charge in [0.2, 0.25) is 11.8 Å². The number of aliphatic imine (C=N–C) groups is 1. The summed E-state index contributed by atoms with van der Waals surface area (Å²) in [5.41, 5.74) is 6.99. The van der Waals surface area contributed by atoms with Crippen LogP contribution in [-0.4, -0.2) is 92.5 Å². The van der Waals surface area contributed by atoms with Crippen molar-refractivity contribution < 1.29 is 14.4 Å². The molecule has 2 aromatic heterocycles. The first kappa shape index (κ1) is 39.2. The molecule has 3 amide bonds. The molecule has 0 radical (unpaired) electrons. The average Bonchev–Trinajstić information content (AvgIpc) is 3.83. The Labute approximate surface area is 346 Å². The molecule has 13 nitrogen and oxygen atoms in total. The van der Waals surface area contributed by atoms with Gasteiger partial charge in [0, 0.05) is 84.0 Å². The van der Waals surface area contributed by atoms with E-state index in [1.165, 1.54) is 6.21 Å². The maximum absolute atomic E-state index is 13.2. The van der Waals surface area contributed by atoms with E-state index in [0.29, 0.717) is 41.7 Å². The van der Waals surface area contributed by atoms with Gasteiger partial charge in [-0.05, 0) is 82.3 Å². The first-order valence-electron chi connectivity index (χ1n) is 19.8. The molecule has 2 fully saturated rings. The lowest BCUT2D eigenvalue weighted by atomic mass is 10.00. The van der Waals surface area contributed by atoms with Crippen molar-refractivity contribution in [2.75, 3.05) is 31.5 Å². The number of amides is 3. The minimum absolute atomic E-state index is 0.153. The number of halogens is 1. The molecule has 1 unspecified atom stereocenters. The highest BCUT2D eigenvalue weighted by molar-refractivity contribution is 7.15. The normalized spacial score (nSPS) is 18.4. The first-order valence-corrected chi connectivity index (χ1v) is 20.9. The number of likely N-dealkylation sites (tertiary alicyclic amines) is 1. The van der Waals surface area contributed by atoms with E-state index in [9.17, 15) is 14.4 Å². The van der Waals surface area contributed by atoms with Gasteiger partial charge in [0.1, 0.15) is 23.4 Å². The highest BCUT2D eigenvalue weighted by atomic mass is 35.5. The van der Waals surface area contributed by atoms with Crippen LogP contribution in [0.25, 0.3) is 5.00 Å². The number of nitrogens with zero attached hydrogens (tertiary/aromatic N) is 6. The molecule has 2 saturated heterocycles. The Kier molecular flexibility index (Phi) is 11.5. The lowest BCUT2D eigenvalue weighted by molar-refractivity contribution is -0.136. The molecule has 1 atom stereocenters. The summed E-state index contributed by atoms with van der Waals surface area (Å²) in [6.45, 7) is 8.58. The molecule has 15 heteroatoms. The lowest BCUT2D eigenvalue weighted by Gasteiger charge is -2.33. The molecule has 4 aliphatic rings. The highest BCUT2D eigenvalue weighted by Gasteiger charge is 2.40. The molecule has 58 heavy (non-hydrogen) atoms. The van der Waals surface area contributed by atoms with Crippen molar-refractivity contribution in [1.29, 1.82) is 5.41 Å². The number of anilines is 1. The third-order valence-corrected chi connectivity index (χ3v) is 12.7. The fourth-order valence-electron chi connectivity index (χ4n) is 8.13. The SMILES string of the molecule is Cc1c(C#C/C(C=N)=C/NCCCCN2CCC(Nc3cccc4c3CN(C3CCC(=O)NC3=O)C4=O)CC2)sc2c1C(c1ccc(Cl)cc1)=NCc1nnc(C)n1-2. The van der Waals surface area contributed by atoms with Crippen LogP contribution in [-0.2, 0) is 22.7 Å². The van der Waals surface area contributed by atoms with Gasteiger partial charge >= 0.3 is 0 Å². The van der Waals surface area contributed by atoms with Crippen molar-refractivity contribution in [3.8, 4) is 16.8 Å². The Hall–Kier alpha value is -5.62. The number of aromatic nitrogens is 3. The van der Waals surface area contributed by atoms with Gasteiger partial charge in [-0.2, -0.15) is 0 Å². The van der Waals surface area contributed by atoms with Gasteiger partial charge in [0.15, 0.2) is 5.82 Å². The van der Waals surface area contributed by atoms with E-state index in [1.807, 2.05) is 55.6 Å². The number of benzene rings is 2. The Balaban J connectivity index is 0.815. The maximum atomic E-state index is 13.2. The highest BCUT2D eigenvalue weighted by Crippen LogP contribution is 2.37. The first-order chi connectivity index (χ1) is 28.2. The predicted octanol–water partition coefficient (Wildman–Crippen LogP) is 5.54. The zero-order chi connectivity index (χ0) is 40.3. The molecule has 8 rings (SSSR count). The number of rotatable bonds is 11. The summed E-state index contributed by atoms with van der Waals surface area (Å²) in [6, 6.07) is 13.1. The predicted molar refractivity (Wildman–Crippen MR) is 226 cm³/mol. The van der Waals surface area contributed by atoms with Crippen molar-refractivity contribution >= 4 is 58.3 Å². The fourth-order valence-corrected chi connectivity index (χ4v) is 9.49. The number of hydrogen-bond acceptors (Lipinski definition) is 11. The number of nitrogens with one attached hydrogen (secondary N) is 4. The summed E-state index contributed by atoms with van der Waals surface area (Å²) < 4.78 is 2.07. The summed E-state index contributed by atoms with van der Waals surface area (Å²) in [6.07, 6.45) is 7.74. The summed E-state index contributed by atoms with van der Waals surface area (Å²) in [7, 11) is 0. The van der Waals surface area contributed by atoms with Crippen molar-refractivity contribution in [3.05, 3.63) is 104 Å². The summed E-state index contributed by atoms with van der Waals surface area (Å²) in [5.74, 6) is 7.28. The van der Waals surface area contributed by atoms with Gasteiger partial charge in [-0.1, -0.05) is 41.6 Å². The number of imide groups is 1. The van der Waals surface area contributed by atoms with Crippen LogP contribution in [0, 0.1) is 31.1 Å². The third kappa shape index (κ3) is 8.07. The van der Waals surface area contributed by atoms with Crippen LogP contribution in [0.15, 0.2) is 59.2 Å². The van der Waals surface area contributed by atoms with Crippen LogP contribution in [0.3, 0.4) is 0 Å². The number of allylic oxidation sites excluding steroid dienone is 1. The Bertz CT molecular complexity index is 2400. The number of carbonyl (C=O) groups is 3. The van der Waals surface area contributed by atoms with Crippen molar-refractivity contribution in [2.24, 2.45) is 4.99 Å². The van der Waals surface area contributed by atoms with Crippen molar-refractivity contribution in [3.63, 3.8) is 0 Å². The third-order valence-electron chi connectivity index (χ3n) is 11.3. The molecule has 4 N–H and O–H groups in total. The van der Waals surface area contributed by atoms with Crippen LogP contribution >= 0.6 is 22.9 Å². The van der Waals surface area contributed by atoms with Crippen molar-refractivity contribution in [2.45, 2.75) is 77.5 Å². The van der Waals surface area contributed by atoms with Gasteiger partial charge in [-0.3, -0.25) is 29.3 Å². The zero-order valence-corrected chi connectivity index (χ0v) is 34.1. The van der Waals surface area contributed by atoms with Crippen LogP contribution in [0.5, 0.6) is 0 Å². The number of unbranched alkanes of at least 4 members (excludes halogenated alkanes) is 1. The molecular weight excluding hydrogens is 772 g/mol. The monoisotopic (exact) mass is 816 g/mol. The molecule has 6 heterocycles. The van der Waals surface area contributed by atoms with E-state index >= 15 is 0 Å². The van der Waals surface area contributed by atoms with Crippen LogP contribution < -0.4 is 16.0 Å². The minimum Gasteiger partial charge on any atom is -0.390 e. The van der Waals surface area contributed by atoms with Gasteiger partial charge in [-0.15, -0.1) is 21.5 Å². The Morgan fingerprint density at radius 3 is 2.66 bits per heavy atom. The molecule has 298 valence electrons. The average molecular weight is 817 g/mol. The maximum Gasteiger partial charge on any atom is 0.255 e. The van der Waals surface area contributed by atoms with Crippen molar-refractivity contribution in [1.82, 2.24) is 35.2 Å². The standard InChI is InChI=1S/C43H45ClN10O3S/c1-26-36(58-43-39(26)40(29-9-11-30(44)12-10-29)47-24-37-51-50-27(2)54(37)43)14-8-28(22-45)23-46-18-3-4-19-52-20-16-31(17-21-52)48-34-7-5-6-32-33(34)25-53(42(32)57)35-13-15-38(55)49-41(35)56/h5-7,9-12,22-23,31,35,45-46,48H,3-4,13,15-21,24-25H2,1-2H3,(H,49,55,56)/b28-23-,45-22?. The van der Waals surface area contributed by atoms with Gasteiger partial charge in [0.05, 0.1) is 16.2 Å². The molecule has 0 spiro atoms. The van der Waals surface area contributed by atoms with Crippen LogP contribution in [0.1, 0.15) is 87.7 Å². The number of carbonyl (C=O) groups excluding carboxylic acids is 3. The number of thiophene rings is 1. The largest absolute Gasteiger partial charge is 0.390 e. The van der Waals surface area contributed by atoms with Crippen LogP contribution in [0.2, 0.25) is 5.02 Å². The number of fused-ring (bicyclic) bond motifs is 4. The zero-order valence-electron chi connectivity index (χ0n) is 32.5. The lowest BCUT2D eigenvalue weighted by Crippen LogP contribution is -2.52. The van der Waals surface area contributed by atoms with E-state index in [0.717, 1.165) is 107 Å². The number of piperidine rings is 2. The fraction of sp³-hybridized carbons (Fsp3) is 0.372.